The van der Waals surface area contributed by atoms with E-state index in [4.69, 9.17) is 15.2 Å². The number of amides is 1. The summed E-state index contributed by atoms with van der Waals surface area (Å²) >= 11 is 3.23. The largest absolute Gasteiger partial charge is 0.496 e. The standard InChI is InChI=1S/C28H36BrF2N3O5S/c1-38-25-17-20(7-12-24(25)29)28(30,31)26(27(35)34-15-13-21(32)14-16-34)33-40(36,37)23-10-8-22(9-11-23)39-18-19-5-3-2-4-6-19/h7-12,17,19,21,26,33H,2-6,13-16,18,32H2,1H3. The Hall–Kier alpha value is -2.28. The second kappa shape index (κ2) is 13.1. The molecular formula is C28H36BrF2N3O5S. The third-order valence-electron chi connectivity index (χ3n) is 7.61. The van der Waals surface area contributed by atoms with E-state index in [-0.39, 0.29) is 29.8 Å². The van der Waals surface area contributed by atoms with Crippen LogP contribution in [-0.4, -0.2) is 58.1 Å². The van der Waals surface area contributed by atoms with Crippen molar-refractivity contribution in [1.82, 2.24) is 9.62 Å². The summed E-state index contributed by atoms with van der Waals surface area (Å²) in [5, 5.41) is 0. The zero-order valence-corrected chi connectivity index (χ0v) is 24.9. The van der Waals surface area contributed by atoms with Crippen LogP contribution in [-0.2, 0) is 20.7 Å². The SMILES string of the molecule is COc1cc(C(F)(F)C(NS(=O)(=O)c2ccc(OCC3CCCCC3)cc2)C(=O)N2CCC(N)CC2)ccc1Br. The number of halogens is 3. The molecule has 220 valence electrons. The molecule has 0 spiro atoms. The van der Waals surface area contributed by atoms with Crippen LogP contribution in [0, 0.1) is 5.92 Å². The third kappa shape index (κ3) is 7.32. The van der Waals surface area contributed by atoms with Gasteiger partial charge in [0.25, 0.3) is 5.92 Å². The van der Waals surface area contributed by atoms with E-state index in [1.54, 1.807) is 0 Å². The first-order valence-electron chi connectivity index (χ1n) is 13.5. The van der Waals surface area contributed by atoms with Crippen LogP contribution in [0.2, 0.25) is 0 Å². The van der Waals surface area contributed by atoms with Gasteiger partial charge in [-0.25, -0.2) is 8.42 Å². The first-order valence-corrected chi connectivity index (χ1v) is 15.8. The Labute approximate surface area is 242 Å². The average molecular weight is 645 g/mol. The molecule has 0 radical (unpaired) electrons. The lowest BCUT2D eigenvalue weighted by Crippen LogP contribution is -2.58. The number of likely N-dealkylation sites (tertiary alicyclic amines) is 1. The Morgan fingerprint density at radius 2 is 1.75 bits per heavy atom. The second-order valence-electron chi connectivity index (χ2n) is 10.5. The van der Waals surface area contributed by atoms with Crippen molar-refractivity contribution >= 4 is 31.9 Å². The minimum absolute atomic E-state index is 0.124. The fourth-order valence-corrected chi connectivity index (χ4v) is 6.72. The van der Waals surface area contributed by atoms with Crippen LogP contribution in [0.1, 0.15) is 50.5 Å². The van der Waals surface area contributed by atoms with E-state index in [0.717, 1.165) is 25.0 Å². The van der Waals surface area contributed by atoms with Gasteiger partial charge in [0.2, 0.25) is 15.9 Å². The third-order valence-corrected chi connectivity index (χ3v) is 9.71. The van der Waals surface area contributed by atoms with Crippen LogP contribution < -0.4 is 19.9 Å². The molecule has 1 unspecified atom stereocenters. The number of methoxy groups -OCH3 is 1. The van der Waals surface area contributed by atoms with E-state index < -0.39 is 33.5 Å². The van der Waals surface area contributed by atoms with E-state index in [1.807, 2.05) is 4.72 Å². The van der Waals surface area contributed by atoms with Gasteiger partial charge in [0.15, 0.2) is 6.04 Å². The molecule has 1 aliphatic carbocycles. The summed E-state index contributed by atoms with van der Waals surface area (Å²) in [5.74, 6) is -3.84. The zero-order valence-electron chi connectivity index (χ0n) is 22.5. The van der Waals surface area contributed by atoms with Gasteiger partial charge in [-0.2, -0.15) is 13.5 Å². The maximum absolute atomic E-state index is 16.0. The lowest BCUT2D eigenvalue weighted by Gasteiger charge is -2.35. The number of ether oxygens (including phenoxy) is 2. The second-order valence-corrected chi connectivity index (χ2v) is 13.0. The number of carbonyl (C=O) groups excluding carboxylic acids is 1. The van der Waals surface area contributed by atoms with Gasteiger partial charge in [-0.05, 0) is 83.9 Å². The minimum atomic E-state index is -4.52. The van der Waals surface area contributed by atoms with Crippen LogP contribution >= 0.6 is 15.9 Å². The Balaban J connectivity index is 1.57. The first-order chi connectivity index (χ1) is 19.0. The molecule has 1 aliphatic heterocycles. The molecule has 1 saturated carbocycles. The Bertz CT molecular complexity index is 1270. The molecule has 40 heavy (non-hydrogen) atoms. The van der Waals surface area contributed by atoms with Crippen molar-refractivity contribution in [3.8, 4) is 11.5 Å². The Kier molecular flexibility index (Phi) is 10.1. The summed E-state index contributed by atoms with van der Waals surface area (Å²) in [7, 11) is -3.19. The average Bonchev–Trinajstić information content (AvgIpc) is 2.95. The summed E-state index contributed by atoms with van der Waals surface area (Å²) in [4.78, 5) is 14.5. The van der Waals surface area contributed by atoms with Crippen molar-refractivity contribution in [2.45, 2.75) is 67.8 Å². The number of rotatable bonds is 10. The van der Waals surface area contributed by atoms with E-state index in [9.17, 15) is 13.2 Å². The number of nitrogens with two attached hydrogens (primary N) is 1. The highest BCUT2D eigenvalue weighted by molar-refractivity contribution is 9.10. The van der Waals surface area contributed by atoms with Gasteiger partial charge in [-0.3, -0.25) is 4.79 Å². The number of nitrogens with zero attached hydrogens (tertiary/aromatic N) is 1. The van der Waals surface area contributed by atoms with Crippen molar-refractivity contribution in [2.75, 3.05) is 26.8 Å². The van der Waals surface area contributed by atoms with Crippen molar-refractivity contribution in [1.29, 1.82) is 0 Å². The fourth-order valence-electron chi connectivity index (χ4n) is 5.12. The van der Waals surface area contributed by atoms with Crippen LogP contribution in [0.25, 0.3) is 0 Å². The lowest BCUT2D eigenvalue weighted by atomic mass is 9.90. The van der Waals surface area contributed by atoms with Gasteiger partial charge >= 0.3 is 0 Å². The molecule has 3 N–H and O–H groups in total. The summed E-state index contributed by atoms with van der Waals surface area (Å²) in [6, 6.07) is 6.63. The summed E-state index contributed by atoms with van der Waals surface area (Å²) < 4.78 is 72.2. The number of alkyl halides is 2. The molecule has 12 heteroatoms. The molecule has 1 amide bonds. The van der Waals surface area contributed by atoms with Crippen LogP contribution in [0.5, 0.6) is 11.5 Å². The van der Waals surface area contributed by atoms with E-state index in [0.29, 0.717) is 35.6 Å². The molecule has 2 fully saturated rings. The molecule has 1 saturated heterocycles. The molecule has 0 aromatic heterocycles. The number of nitrogens with one attached hydrogen (secondary N) is 1. The molecule has 1 atom stereocenters. The molecule has 2 aromatic rings. The van der Waals surface area contributed by atoms with E-state index in [1.165, 1.54) is 61.6 Å². The smallest absolute Gasteiger partial charge is 0.298 e. The molecular weight excluding hydrogens is 608 g/mol. The number of hydrogen-bond acceptors (Lipinski definition) is 6. The van der Waals surface area contributed by atoms with Crippen LogP contribution in [0.4, 0.5) is 8.78 Å². The molecule has 8 nitrogen and oxygen atoms in total. The van der Waals surface area contributed by atoms with Crippen molar-refractivity contribution in [2.24, 2.45) is 11.7 Å². The zero-order chi connectivity index (χ0) is 28.9. The maximum Gasteiger partial charge on any atom is 0.298 e. The van der Waals surface area contributed by atoms with Crippen molar-refractivity contribution in [3.63, 3.8) is 0 Å². The predicted molar refractivity (Wildman–Crippen MR) is 151 cm³/mol. The molecule has 1 heterocycles. The number of sulfonamides is 1. The lowest BCUT2D eigenvalue weighted by molar-refractivity contribution is -0.145. The van der Waals surface area contributed by atoms with Gasteiger partial charge in [-0.1, -0.05) is 25.3 Å². The van der Waals surface area contributed by atoms with Gasteiger partial charge in [0.05, 0.1) is 23.1 Å². The van der Waals surface area contributed by atoms with Gasteiger partial charge < -0.3 is 20.1 Å². The van der Waals surface area contributed by atoms with Gasteiger partial charge in [0, 0.05) is 24.7 Å². The van der Waals surface area contributed by atoms with Crippen molar-refractivity contribution in [3.05, 3.63) is 52.5 Å². The molecule has 2 aromatic carbocycles. The van der Waals surface area contributed by atoms with Crippen LogP contribution in [0.3, 0.4) is 0 Å². The Morgan fingerprint density at radius 3 is 2.38 bits per heavy atom. The maximum atomic E-state index is 16.0. The highest BCUT2D eigenvalue weighted by Gasteiger charge is 2.50. The first kappa shape index (κ1) is 30.7. The Morgan fingerprint density at radius 1 is 1.10 bits per heavy atom. The highest BCUT2D eigenvalue weighted by Crippen LogP contribution is 2.38. The minimum Gasteiger partial charge on any atom is -0.496 e. The topological polar surface area (TPSA) is 111 Å². The number of carbonyl (C=O) groups is 1. The number of hydrogen-bond donors (Lipinski definition) is 2. The van der Waals surface area contributed by atoms with E-state index in [2.05, 4.69) is 15.9 Å². The normalized spacial score (nSPS) is 18.4. The summed E-state index contributed by atoms with van der Waals surface area (Å²) in [5.41, 5.74) is 5.36. The molecule has 2 aliphatic rings. The summed E-state index contributed by atoms with van der Waals surface area (Å²) in [6.07, 6.45) is 6.67. The van der Waals surface area contributed by atoms with Gasteiger partial charge in [-0.15, -0.1) is 0 Å². The van der Waals surface area contributed by atoms with E-state index >= 15 is 8.78 Å². The highest BCUT2D eigenvalue weighted by atomic mass is 79.9. The summed E-state index contributed by atoms with van der Waals surface area (Å²) in [6.45, 7) is 0.860. The molecule has 0 bridgehead atoms. The fraction of sp³-hybridized carbons (Fsp3) is 0.536. The predicted octanol–water partition coefficient (Wildman–Crippen LogP) is 4.81. The monoisotopic (exact) mass is 643 g/mol. The quantitative estimate of drug-likeness (QED) is 0.385. The number of piperidine rings is 1. The van der Waals surface area contributed by atoms with Crippen LogP contribution in [0.15, 0.2) is 51.8 Å². The van der Waals surface area contributed by atoms with Crippen molar-refractivity contribution < 1.29 is 31.5 Å². The number of benzene rings is 2. The van der Waals surface area contributed by atoms with Gasteiger partial charge in [0.1, 0.15) is 11.5 Å². The molecule has 4 rings (SSSR count).